The largest absolute Gasteiger partial charge is 0.478 e. The van der Waals surface area contributed by atoms with Gasteiger partial charge in [0.05, 0.1) is 10.2 Å². The molecule has 72 valence electrons. The minimum atomic E-state index is -1.09. The van der Waals surface area contributed by atoms with Gasteiger partial charge in [-0.3, -0.25) is 0 Å². The van der Waals surface area contributed by atoms with Crippen LogP contribution in [0.15, 0.2) is 22.8 Å². The van der Waals surface area contributed by atoms with Crippen LogP contribution in [0.4, 0.5) is 4.39 Å². The number of aromatic nitrogens is 1. The van der Waals surface area contributed by atoms with Gasteiger partial charge in [0.15, 0.2) is 0 Å². The van der Waals surface area contributed by atoms with E-state index in [0.29, 0.717) is 15.5 Å². The van der Waals surface area contributed by atoms with Crippen molar-refractivity contribution in [1.29, 1.82) is 0 Å². The van der Waals surface area contributed by atoms with Gasteiger partial charge >= 0.3 is 5.97 Å². The van der Waals surface area contributed by atoms with Crippen molar-refractivity contribution in [2.45, 2.75) is 0 Å². The van der Waals surface area contributed by atoms with E-state index in [9.17, 15) is 9.18 Å². The van der Waals surface area contributed by atoms with Crippen LogP contribution in [0.25, 0.3) is 10.9 Å². The minimum absolute atomic E-state index is 0.0551. The lowest BCUT2D eigenvalue weighted by Crippen LogP contribution is -1.95. The molecule has 2 N–H and O–H groups in total. The number of rotatable bonds is 1. The van der Waals surface area contributed by atoms with Gasteiger partial charge in [0.1, 0.15) is 5.82 Å². The number of benzene rings is 1. The Kier molecular flexibility index (Phi) is 2.03. The summed E-state index contributed by atoms with van der Waals surface area (Å²) in [4.78, 5) is 13.6. The molecule has 0 bridgehead atoms. The third-order valence-electron chi connectivity index (χ3n) is 1.93. The fraction of sp³-hybridized carbons (Fsp3) is 0. The second-order valence-corrected chi connectivity index (χ2v) is 3.60. The lowest BCUT2D eigenvalue weighted by atomic mass is 10.2. The standard InChI is InChI=1S/C9H5BrFNO2/c10-8-7(9(13)14)5-3-4(11)1-2-6(5)12-8/h1-3,12H,(H,13,14). The fourth-order valence-electron chi connectivity index (χ4n) is 1.34. The molecule has 2 aromatic rings. The number of H-pyrrole nitrogens is 1. The van der Waals surface area contributed by atoms with Crippen molar-refractivity contribution < 1.29 is 14.3 Å². The zero-order valence-corrected chi connectivity index (χ0v) is 8.43. The SMILES string of the molecule is O=C(O)c1c(Br)[nH]c2ccc(F)cc12. The van der Waals surface area contributed by atoms with Crippen LogP contribution >= 0.6 is 15.9 Å². The number of nitrogens with one attached hydrogen (secondary N) is 1. The Morgan fingerprint density at radius 3 is 2.86 bits per heavy atom. The van der Waals surface area contributed by atoms with Crippen molar-refractivity contribution in [2.75, 3.05) is 0 Å². The van der Waals surface area contributed by atoms with Gasteiger partial charge in [-0.05, 0) is 34.1 Å². The van der Waals surface area contributed by atoms with Gasteiger partial charge < -0.3 is 10.1 Å². The summed E-state index contributed by atoms with van der Waals surface area (Å²) in [7, 11) is 0. The maximum absolute atomic E-state index is 12.9. The molecule has 0 aliphatic heterocycles. The molecule has 0 radical (unpaired) electrons. The summed E-state index contributed by atoms with van der Waals surface area (Å²) < 4.78 is 13.2. The first-order valence-electron chi connectivity index (χ1n) is 3.79. The van der Waals surface area contributed by atoms with Crippen LogP contribution in [0.3, 0.4) is 0 Å². The summed E-state index contributed by atoms with van der Waals surface area (Å²) in [5, 5.41) is 9.24. The van der Waals surface area contributed by atoms with Gasteiger partial charge in [0.2, 0.25) is 0 Å². The number of aromatic carboxylic acids is 1. The molecule has 2 rings (SSSR count). The van der Waals surface area contributed by atoms with Gasteiger partial charge in [-0.15, -0.1) is 0 Å². The van der Waals surface area contributed by atoms with Crippen LogP contribution < -0.4 is 0 Å². The molecule has 0 amide bonds. The summed E-state index contributed by atoms with van der Waals surface area (Å²) in [5.74, 6) is -1.54. The molecule has 0 unspecified atom stereocenters. The van der Waals surface area contributed by atoms with Gasteiger partial charge in [0.25, 0.3) is 0 Å². The summed E-state index contributed by atoms with van der Waals surface area (Å²) in [6.45, 7) is 0. The highest BCUT2D eigenvalue weighted by molar-refractivity contribution is 9.10. The molecule has 0 saturated heterocycles. The number of hydrogen-bond acceptors (Lipinski definition) is 1. The van der Waals surface area contributed by atoms with E-state index >= 15 is 0 Å². The van der Waals surface area contributed by atoms with Crippen LogP contribution in [-0.4, -0.2) is 16.1 Å². The highest BCUT2D eigenvalue weighted by Gasteiger charge is 2.16. The molecule has 0 saturated carbocycles. The number of hydrogen-bond donors (Lipinski definition) is 2. The van der Waals surface area contributed by atoms with E-state index in [0.717, 1.165) is 0 Å². The Morgan fingerprint density at radius 2 is 2.21 bits per heavy atom. The lowest BCUT2D eigenvalue weighted by Gasteiger charge is -1.92. The predicted octanol–water partition coefficient (Wildman–Crippen LogP) is 2.77. The Hall–Kier alpha value is -1.36. The maximum Gasteiger partial charge on any atom is 0.339 e. The quantitative estimate of drug-likeness (QED) is 0.826. The normalized spacial score (nSPS) is 10.7. The first kappa shape index (κ1) is 9.21. The van der Waals surface area contributed by atoms with Crippen LogP contribution in [0.5, 0.6) is 0 Å². The smallest absolute Gasteiger partial charge is 0.339 e. The first-order valence-corrected chi connectivity index (χ1v) is 4.59. The second-order valence-electron chi connectivity index (χ2n) is 2.81. The molecular weight excluding hydrogens is 253 g/mol. The molecule has 1 aromatic heterocycles. The van der Waals surface area contributed by atoms with Crippen molar-refractivity contribution in [3.63, 3.8) is 0 Å². The Morgan fingerprint density at radius 1 is 1.50 bits per heavy atom. The van der Waals surface area contributed by atoms with E-state index in [1.165, 1.54) is 18.2 Å². The van der Waals surface area contributed by atoms with E-state index in [2.05, 4.69) is 20.9 Å². The highest BCUT2D eigenvalue weighted by Crippen LogP contribution is 2.26. The highest BCUT2D eigenvalue weighted by atomic mass is 79.9. The second kappa shape index (κ2) is 3.09. The number of carbonyl (C=O) groups is 1. The maximum atomic E-state index is 12.9. The van der Waals surface area contributed by atoms with Gasteiger partial charge in [-0.25, -0.2) is 9.18 Å². The number of fused-ring (bicyclic) bond motifs is 1. The zero-order chi connectivity index (χ0) is 10.3. The van der Waals surface area contributed by atoms with Crippen molar-refractivity contribution >= 4 is 32.8 Å². The monoisotopic (exact) mass is 257 g/mol. The topological polar surface area (TPSA) is 53.1 Å². The number of carboxylic acid groups (broad SMARTS) is 1. The van der Waals surface area contributed by atoms with Gasteiger partial charge in [0, 0.05) is 10.9 Å². The van der Waals surface area contributed by atoms with Crippen LogP contribution in [0.2, 0.25) is 0 Å². The molecule has 1 aromatic carbocycles. The Balaban J connectivity index is 2.86. The molecule has 0 atom stereocenters. The summed E-state index contributed by atoms with van der Waals surface area (Å²) in [6, 6.07) is 3.97. The van der Waals surface area contributed by atoms with E-state index < -0.39 is 11.8 Å². The third-order valence-corrected chi connectivity index (χ3v) is 2.52. The lowest BCUT2D eigenvalue weighted by molar-refractivity contribution is 0.0698. The molecular formula is C9H5BrFNO2. The fourth-order valence-corrected chi connectivity index (χ4v) is 1.94. The number of aromatic amines is 1. The van der Waals surface area contributed by atoms with Crippen molar-refractivity contribution in [2.24, 2.45) is 0 Å². The molecule has 0 aliphatic rings. The van der Waals surface area contributed by atoms with E-state index in [1.54, 1.807) is 0 Å². The average molecular weight is 258 g/mol. The summed E-state index contributed by atoms with van der Waals surface area (Å²) in [5.41, 5.74) is 0.648. The van der Waals surface area contributed by atoms with Crippen molar-refractivity contribution in [3.05, 3.63) is 34.2 Å². The van der Waals surface area contributed by atoms with Crippen LogP contribution in [0.1, 0.15) is 10.4 Å². The molecule has 5 heteroatoms. The molecule has 0 spiro atoms. The van der Waals surface area contributed by atoms with E-state index in [-0.39, 0.29) is 5.56 Å². The molecule has 1 heterocycles. The average Bonchev–Trinajstić information content (AvgIpc) is 2.40. The molecule has 0 fully saturated rings. The van der Waals surface area contributed by atoms with Crippen molar-refractivity contribution in [1.82, 2.24) is 4.98 Å². The number of halogens is 2. The van der Waals surface area contributed by atoms with Gasteiger partial charge in [-0.1, -0.05) is 0 Å². The molecule has 14 heavy (non-hydrogen) atoms. The van der Waals surface area contributed by atoms with Crippen molar-refractivity contribution in [3.8, 4) is 0 Å². The van der Waals surface area contributed by atoms with E-state index in [4.69, 9.17) is 5.11 Å². The first-order chi connectivity index (χ1) is 6.59. The molecule has 0 aliphatic carbocycles. The zero-order valence-electron chi connectivity index (χ0n) is 6.84. The Labute approximate surface area is 86.7 Å². The number of carboxylic acids is 1. The third kappa shape index (κ3) is 1.29. The summed E-state index contributed by atoms with van der Waals surface area (Å²) in [6.07, 6.45) is 0. The summed E-state index contributed by atoms with van der Waals surface area (Å²) >= 11 is 3.08. The minimum Gasteiger partial charge on any atom is -0.478 e. The predicted molar refractivity (Wildman–Crippen MR) is 52.9 cm³/mol. The van der Waals surface area contributed by atoms with Crippen LogP contribution in [-0.2, 0) is 0 Å². The van der Waals surface area contributed by atoms with Gasteiger partial charge in [-0.2, -0.15) is 0 Å². The van der Waals surface area contributed by atoms with Crippen LogP contribution in [0, 0.1) is 5.82 Å². The molecule has 3 nitrogen and oxygen atoms in total. The Bertz CT molecular complexity index is 521. The van der Waals surface area contributed by atoms with E-state index in [1.807, 2.05) is 0 Å².